The molecule has 3 rings (SSSR count). The Balaban J connectivity index is 0.000000963. The molecule has 82 valence electrons. The van der Waals surface area contributed by atoms with E-state index in [0.717, 1.165) is 5.76 Å². The molecule has 0 aliphatic carbocycles. The fraction of sp³-hybridized carbons (Fsp3) is 0.111. The molecule has 0 fully saturated rings. The summed E-state index contributed by atoms with van der Waals surface area (Å²) in [6, 6.07) is 5.43. The summed E-state index contributed by atoms with van der Waals surface area (Å²) in [5, 5.41) is 16.0. The van der Waals surface area contributed by atoms with Gasteiger partial charge in [0.05, 0.1) is 0 Å². The molecule has 16 heavy (non-hydrogen) atoms. The van der Waals surface area contributed by atoms with Crippen molar-refractivity contribution in [3.05, 3.63) is 30.2 Å². The molecule has 3 aromatic heterocycles. The molecule has 0 N–H and O–H groups in total. The fourth-order valence-corrected chi connectivity index (χ4v) is 1.38. The minimum absolute atomic E-state index is 0. The lowest BCUT2D eigenvalue weighted by atomic mass is 10.4. The first-order valence-corrected chi connectivity index (χ1v) is 4.45. The third-order valence-corrected chi connectivity index (χ3v) is 2.04. The third kappa shape index (κ3) is 1.53. The highest BCUT2D eigenvalue weighted by atomic mass is 35.5. The second kappa shape index (κ2) is 3.90. The van der Waals surface area contributed by atoms with Crippen LogP contribution in [0.25, 0.3) is 17.2 Å². The molecule has 0 spiro atoms. The van der Waals surface area contributed by atoms with Crippen molar-refractivity contribution in [1.29, 1.82) is 0 Å². The quantitative estimate of drug-likeness (QED) is 0.642. The van der Waals surface area contributed by atoms with Gasteiger partial charge in [-0.05, 0) is 19.1 Å². The van der Waals surface area contributed by atoms with E-state index in [2.05, 4.69) is 20.5 Å². The van der Waals surface area contributed by atoms with Gasteiger partial charge in [-0.1, -0.05) is 5.16 Å². The van der Waals surface area contributed by atoms with Crippen molar-refractivity contribution in [1.82, 2.24) is 25.0 Å². The minimum Gasteiger partial charge on any atom is -0.361 e. The Morgan fingerprint density at radius 3 is 2.94 bits per heavy atom. The molecule has 0 saturated carbocycles. The van der Waals surface area contributed by atoms with Gasteiger partial charge in [0, 0.05) is 12.3 Å². The molecule has 0 aliphatic rings. The first-order chi connectivity index (χ1) is 7.34. The Labute approximate surface area is 96.7 Å². The second-order valence-corrected chi connectivity index (χ2v) is 3.14. The maximum absolute atomic E-state index is 4.98. The lowest BCUT2D eigenvalue weighted by Crippen LogP contribution is -1.93. The monoisotopic (exact) mass is 237 g/mol. The van der Waals surface area contributed by atoms with Crippen molar-refractivity contribution in [2.24, 2.45) is 0 Å². The normalized spacial score (nSPS) is 10.3. The van der Waals surface area contributed by atoms with E-state index in [-0.39, 0.29) is 12.4 Å². The SMILES string of the molecule is Cc1cc(-c2nnc3cccnn23)no1.Cl. The Morgan fingerprint density at radius 1 is 1.31 bits per heavy atom. The van der Waals surface area contributed by atoms with Crippen LogP contribution in [-0.4, -0.2) is 25.0 Å². The molecule has 0 aromatic carbocycles. The summed E-state index contributed by atoms with van der Waals surface area (Å²) in [4.78, 5) is 0. The van der Waals surface area contributed by atoms with Gasteiger partial charge in [0.15, 0.2) is 11.3 Å². The number of halogens is 1. The van der Waals surface area contributed by atoms with Crippen LogP contribution in [-0.2, 0) is 0 Å². The van der Waals surface area contributed by atoms with E-state index in [9.17, 15) is 0 Å². The zero-order chi connectivity index (χ0) is 10.3. The molecule has 0 bridgehead atoms. The third-order valence-electron chi connectivity index (χ3n) is 2.04. The Morgan fingerprint density at radius 2 is 2.19 bits per heavy atom. The van der Waals surface area contributed by atoms with Crippen LogP contribution in [0.5, 0.6) is 0 Å². The first kappa shape index (κ1) is 10.6. The number of hydrogen-bond donors (Lipinski definition) is 0. The van der Waals surface area contributed by atoms with E-state index in [0.29, 0.717) is 17.2 Å². The zero-order valence-corrected chi connectivity index (χ0v) is 9.18. The lowest BCUT2D eigenvalue weighted by Gasteiger charge is -1.91. The Hall–Kier alpha value is -1.95. The molecule has 0 saturated heterocycles. The molecule has 0 amide bonds. The maximum Gasteiger partial charge on any atom is 0.207 e. The highest BCUT2D eigenvalue weighted by Gasteiger charge is 2.11. The molecular weight excluding hydrogens is 230 g/mol. The highest BCUT2D eigenvalue weighted by molar-refractivity contribution is 5.85. The van der Waals surface area contributed by atoms with Gasteiger partial charge < -0.3 is 4.52 Å². The number of aryl methyl sites for hydroxylation is 1. The second-order valence-electron chi connectivity index (χ2n) is 3.14. The predicted octanol–water partition coefficient (Wildman–Crippen LogP) is 1.51. The van der Waals surface area contributed by atoms with Crippen LogP contribution in [0.3, 0.4) is 0 Å². The van der Waals surface area contributed by atoms with Crippen molar-refractivity contribution in [3.8, 4) is 11.5 Å². The van der Waals surface area contributed by atoms with Gasteiger partial charge in [-0.2, -0.15) is 9.61 Å². The molecule has 7 heteroatoms. The van der Waals surface area contributed by atoms with E-state index in [1.807, 2.05) is 19.1 Å². The molecular formula is C9H8ClN5O. The van der Waals surface area contributed by atoms with E-state index < -0.39 is 0 Å². The van der Waals surface area contributed by atoms with Gasteiger partial charge in [-0.3, -0.25) is 0 Å². The predicted molar refractivity (Wildman–Crippen MR) is 58.3 cm³/mol. The minimum atomic E-state index is 0. The number of aromatic nitrogens is 5. The summed E-state index contributed by atoms with van der Waals surface area (Å²) in [5.74, 6) is 1.32. The van der Waals surface area contributed by atoms with Crippen molar-refractivity contribution in [2.45, 2.75) is 6.92 Å². The summed E-state index contributed by atoms with van der Waals surface area (Å²) in [7, 11) is 0. The van der Waals surface area contributed by atoms with Crippen LogP contribution in [0.2, 0.25) is 0 Å². The molecule has 3 aromatic rings. The molecule has 0 aliphatic heterocycles. The Bertz CT molecular complexity index is 617. The zero-order valence-electron chi connectivity index (χ0n) is 8.36. The smallest absolute Gasteiger partial charge is 0.207 e. The van der Waals surface area contributed by atoms with Crippen molar-refractivity contribution in [3.63, 3.8) is 0 Å². The van der Waals surface area contributed by atoms with Gasteiger partial charge in [-0.25, -0.2) is 0 Å². The van der Waals surface area contributed by atoms with Gasteiger partial charge in [0.2, 0.25) is 5.82 Å². The van der Waals surface area contributed by atoms with Crippen molar-refractivity contribution in [2.75, 3.05) is 0 Å². The average molecular weight is 238 g/mol. The summed E-state index contributed by atoms with van der Waals surface area (Å²) < 4.78 is 6.60. The number of hydrogen-bond acceptors (Lipinski definition) is 5. The largest absolute Gasteiger partial charge is 0.361 e. The maximum atomic E-state index is 4.98. The van der Waals surface area contributed by atoms with Crippen molar-refractivity contribution >= 4 is 18.1 Å². The number of rotatable bonds is 1. The number of nitrogens with zero attached hydrogens (tertiary/aromatic N) is 5. The van der Waals surface area contributed by atoms with Crippen LogP contribution in [0, 0.1) is 6.92 Å². The fourth-order valence-electron chi connectivity index (χ4n) is 1.38. The van der Waals surface area contributed by atoms with Gasteiger partial charge >= 0.3 is 0 Å². The molecule has 0 radical (unpaired) electrons. The molecule has 0 unspecified atom stereocenters. The van der Waals surface area contributed by atoms with Crippen LogP contribution >= 0.6 is 12.4 Å². The summed E-state index contributed by atoms with van der Waals surface area (Å²) in [6.07, 6.45) is 1.67. The summed E-state index contributed by atoms with van der Waals surface area (Å²) in [5.41, 5.74) is 1.33. The summed E-state index contributed by atoms with van der Waals surface area (Å²) >= 11 is 0. The van der Waals surface area contributed by atoms with E-state index >= 15 is 0 Å². The lowest BCUT2D eigenvalue weighted by molar-refractivity contribution is 0.399. The Kier molecular flexibility index (Phi) is 2.57. The van der Waals surface area contributed by atoms with Crippen LogP contribution in [0.4, 0.5) is 0 Å². The molecule has 3 heterocycles. The van der Waals surface area contributed by atoms with Crippen molar-refractivity contribution < 1.29 is 4.52 Å². The topological polar surface area (TPSA) is 69.1 Å². The van der Waals surface area contributed by atoms with Gasteiger partial charge in [0.1, 0.15) is 5.76 Å². The van der Waals surface area contributed by atoms with Crippen LogP contribution < -0.4 is 0 Å². The molecule has 0 atom stereocenters. The van der Waals surface area contributed by atoms with Gasteiger partial charge in [0.25, 0.3) is 0 Å². The van der Waals surface area contributed by atoms with E-state index in [4.69, 9.17) is 4.52 Å². The average Bonchev–Trinajstić information content (AvgIpc) is 2.83. The highest BCUT2D eigenvalue weighted by Crippen LogP contribution is 2.16. The standard InChI is InChI=1S/C9H7N5O.ClH/c1-6-5-7(13-15-6)9-12-11-8-3-2-4-10-14(8)9;/h2-5H,1H3;1H. The molecule has 6 nitrogen and oxygen atoms in total. The summed E-state index contributed by atoms with van der Waals surface area (Å²) in [6.45, 7) is 1.83. The number of fused-ring (bicyclic) bond motifs is 1. The van der Waals surface area contributed by atoms with Crippen LogP contribution in [0.1, 0.15) is 5.76 Å². The van der Waals surface area contributed by atoms with E-state index in [1.54, 1.807) is 16.8 Å². The van der Waals surface area contributed by atoms with Crippen LogP contribution in [0.15, 0.2) is 28.9 Å². The first-order valence-electron chi connectivity index (χ1n) is 4.45. The van der Waals surface area contributed by atoms with E-state index in [1.165, 1.54) is 0 Å². The van der Waals surface area contributed by atoms with Gasteiger partial charge in [-0.15, -0.1) is 22.6 Å².